The van der Waals surface area contributed by atoms with Crippen LogP contribution in [0.25, 0.3) is 0 Å². The molecule has 2 unspecified atom stereocenters. The lowest BCUT2D eigenvalue weighted by Crippen LogP contribution is -2.43. The molecule has 1 aliphatic carbocycles. The number of methoxy groups -OCH3 is 1. The van der Waals surface area contributed by atoms with E-state index in [1.54, 1.807) is 7.11 Å². The number of Topliss-reactive ketones (excluding diaryl/α,β-unsaturated/α-hetero) is 1. The predicted molar refractivity (Wildman–Crippen MR) is 61.9 cm³/mol. The van der Waals surface area contributed by atoms with E-state index in [1.807, 2.05) is 0 Å². The molecule has 0 N–H and O–H groups in total. The third-order valence-electron chi connectivity index (χ3n) is 3.89. The van der Waals surface area contributed by atoms with Crippen molar-refractivity contribution < 1.29 is 9.53 Å². The highest BCUT2D eigenvalue weighted by atomic mass is 16.5. The fraction of sp³-hybridized carbons (Fsp3) is 0.923. The maximum atomic E-state index is 12.2. The number of hydrogen-bond donors (Lipinski definition) is 0. The van der Waals surface area contributed by atoms with Crippen LogP contribution in [0, 0.1) is 11.3 Å². The Balaban J connectivity index is 2.79. The second kappa shape index (κ2) is 5.64. The Hall–Kier alpha value is -0.370. The zero-order chi connectivity index (χ0) is 11.3. The minimum absolute atomic E-state index is 0.164. The van der Waals surface area contributed by atoms with Crippen molar-refractivity contribution in [1.82, 2.24) is 0 Å². The molecule has 0 amide bonds. The summed E-state index contributed by atoms with van der Waals surface area (Å²) >= 11 is 0. The standard InChI is InChI=1S/C13H24O2/c1-4-7-12(14)13(10-15-3)9-6-5-8-11(13)2/h11H,4-10H2,1-3H3. The molecule has 0 saturated heterocycles. The van der Waals surface area contributed by atoms with Crippen LogP contribution in [-0.2, 0) is 9.53 Å². The maximum absolute atomic E-state index is 12.2. The van der Waals surface area contributed by atoms with Crippen molar-refractivity contribution in [3.63, 3.8) is 0 Å². The van der Waals surface area contributed by atoms with Crippen LogP contribution < -0.4 is 0 Å². The zero-order valence-corrected chi connectivity index (χ0v) is 10.3. The fourth-order valence-electron chi connectivity index (χ4n) is 2.86. The number of ether oxygens (including phenoxy) is 1. The first-order chi connectivity index (χ1) is 7.17. The smallest absolute Gasteiger partial charge is 0.141 e. The van der Waals surface area contributed by atoms with Crippen LogP contribution in [0.3, 0.4) is 0 Å². The molecule has 15 heavy (non-hydrogen) atoms. The molecule has 1 saturated carbocycles. The molecular formula is C13H24O2. The van der Waals surface area contributed by atoms with E-state index in [4.69, 9.17) is 4.74 Å². The minimum atomic E-state index is -0.164. The summed E-state index contributed by atoms with van der Waals surface area (Å²) in [4.78, 5) is 12.2. The highest BCUT2D eigenvalue weighted by molar-refractivity contribution is 5.85. The van der Waals surface area contributed by atoms with Crippen molar-refractivity contribution in [3.8, 4) is 0 Å². The molecule has 0 bridgehead atoms. The molecule has 0 aliphatic heterocycles. The van der Waals surface area contributed by atoms with E-state index in [-0.39, 0.29) is 5.41 Å². The quantitative estimate of drug-likeness (QED) is 0.699. The predicted octanol–water partition coefficient (Wildman–Crippen LogP) is 3.20. The maximum Gasteiger partial charge on any atom is 0.141 e. The molecule has 88 valence electrons. The molecule has 0 aromatic rings. The van der Waals surface area contributed by atoms with Crippen molar-refractivity contribution in [2.45, 2.75) is 52.4 Å². The molecular weight excluding hydrogens is 188 g/mol. The lowest BCUT2D eigenvalue weighted by atomic mass is 9.64. The molecule has 2 atom stereocenters. The molecule has 1 rings (SSSR count). The van der Waals surface area contributed by atoms with Gasteiger partial charge in [-0.1, -0.05) is 26.7 Å². The lowest BCUT2D eigenvalue weighted by Gasteiger charge is -2.41. The summed E-state index contributed by atoms with van der Waals surface area (Å²) < 4.78 is 5.30. The van der Waals surface area contributed by atoms with Crippen LogP contribution in [0.4, 0.5) is 0 Å². The van der Waals surface area contributed by atoms with Crippen LogP contribution >= 0.6 is 0 Å². The fourth-order valence-corrected chi connectivity index (χ4v) is 2.86. The summed E-state index contributed by atoms with van der Waals surface area (Å²) in [5, 5.41) is 0. The van der Waals surface area contributed by atoms with E-state index in [1.165, 1.54) is 19.3 Å². The van der Waals surface area contributed by atoms with Gasteiger partial charge < -0.3 is 4.74 Å². The van der Waals surface area contributed by atoms with Gasteiger partial charge >= 0.3 is 0 Å². The van der Waals surface area contributed by atoms with Gasteiger partial charge in [-0.15, -0.1) is 0 Å². The van der Waals surface area contributed by atoms with Gasteiger partial charge in [-0.2, -0.15) is 0 Å². The Morgan fingerprint density at radius 2 is 2.20 bits per heavy atom. The number of rotatable bonds is 5. The molecule has 0 radical (unpaired) electrons. The van der Waals surface area contributed by atoms with E-state index in [0.29, 0.717) is 24.7 Å². The zero-order valence-electron chi connectivity index (χ0n) is 10.3. The van der Waals surface area contributed by atoms with Gasteiger partial charge in [0.05, 0.1) is 12.0 Å². The van der Waals surface area contributed by atoms with E-state index >= 15 is 0 Å². The van der Waals surface area contributed by atoms with Gasteiger partial charge in [0.25, 0.3) is 0 Å². The Morgan fingerprint density at radius 3 is 2.73 bits per heavy atom. The summed E-state index contributed by atoms with van der Waals surface area (Å²) in [6.45, 7) is 4.91. The third kappa shape index (κ3) is 2.60. The van der Waals surface area contributed by atoms with E-state index in [2.05, 4.69) is 13.8 Å². The molecule has 2 nitrogen and oxygen atoms in total. The first-order valence-corrected chi connectivity index (χ1v) is 6.19. The number of ketones is 1. The van der Waals surface area contributed by atoms with Gasteiger partial charge in [-0.3, -0.25) is 4.79 Å². The average Bonchev–Trinajstić information content (AvgIpc) is 2.22. The minimum Gasteiger partial charge on any atom is -0.384 e. The molecule has 0 aromatic heterocycles. The van der Waals surface area contributed by atoms with Crippen LogP contribution in [0.2, 0.25) is 0 Å². The van der Waals surface area contributed by atoms with Crippen molar-refractivity contribution in [2.24, 2.45) is 11.3 Å². The molecule has 0 heterocycles. The largest absolute Gasteiger partial charge is 0.384 e. The van der Waals surface area contributed by atoms with Crippen LogP contribution in [0.1, 0.15) is 52.4 Å². The Labute approximate surface area is 93.4 Å². The van der Waals surface area contributed by atoms with Crippen molar-refractivity contribution in [1.29, 1.82) is 0 Å². The third-order valence-corrected chi connectivity index (χ3v) is 3.89. The first kappa shape index (κ1) is 12.7. The summed E-state index contributed by atoms with van der Waals surface area (Å²) in [6, 6.07) is 0. The van der Waals surface area contributed by atoms with Crippen molar-refractivity contribution in [2.75, 3.05) is 13.7 Å². The highest BCUT2D eigenvalue weighted by Crippen LogP contribution is 2.43. The van der Waals surface area contributed by atoms with Crippen molar-refractivity contribution in [3.05, 3.63) is 0 Å². The summed E-state index contributed by atoms with van der Waals surface area (Å²) in [6.07, 6.45) is 6.33. The monoisotopic (exact) mass is 212 g/mol. The van der Waals surface area contributed by atoms with Gasteiger partial charge in [0.1, 0.15) is 5.78 Å². The van der Waals surface area contributed by atoms with Gasteiger partial charge in [0.2, 0.25) is 0 Å². The number of carbonyl (C=O) groups is 1. The van der Waals surface area contributed by atoms with Crippen molar-refractivity contribution >= 4 is 5.78 Å². The molecule has 2 heteroatoms. The second-order valence-corrected chi connectivity index (χ2v) is 4.91. The average molecular weight is 212 g/mol. The number of carbonyl (C=O) groups excluding carboxylic acids is 1. The van der Waals surface area contributed by atoms with Gasteiger partial charge in [-0.25, -0.2) is 0 Å². The molecule has 0 spiro atoms. The lowest BCUT2D eigenvalue weighted by molar-refractivity contribution is -0.138. The summed E-state index contributed by atoms with van der Waals surface area (Å²) in [5.74, 6) is 0.921. The second-order valence-electron chi connectivity index (χ2n) is 4.91. The number of hydrogen-bond acceptors (Lipinski definition) is 2. The van der Waals surface area contributed by atoms with Gasteiger partial charge in [0.15, 0.2) is 0 Å². The normalized spacial score (nSPS) is 31.5. The van der Waals surface area contributed by atoms with Crippen LogP contribution in [0.5, 0.6) is 0 Å². The molecule has 1 fully saturated rings. The highest BCUT2D eigenvalue weighted by Gasteiger charge is 2.43. The first-order valence-electron chi connectivity index (χ1n) is 6.19. The van der Waals surface area contributed by atoms with E-state index in [9.17, 15) is 4.79 Å². The Morgan fingerprint density at radius 1 is 1.47 bits per heavy atom. The van der Waals surface area contributed by atoms with Crippen LogP contribution in [-0.4, -0.2) is 19.5 Å². The van der Waals surface area contributed by atoms with Gasteiger partial charge in [0, 0.05) is 13.5 Å². The van der Waals surface area contributed by atoms with Crippen LogP contribution in [0.15, 0.2) is 0 Å². The SMILES string of the molecule is CCCC(=O)C1(COC)CCCCC1C. The van der Waals surface area contributed by atoms with Gasteiger partial charge in [-0.05, 0) is 25.2 Å². The Kier molecular flexibility index (Phi) is 4.78. The summed E-state index contributed by atoms with van der Waals surface area (Å²) in [5.41, 5.74) is -0.164. The van der Waals surface area contributed by atoms with E-state index in [0.717, 1.165) is 12.8 Å². The Bertz CT molecular complexity index is 209. The molecule has 0 aromatic carbocycles. The molecule has 1 aliphatic rings. The summed E-state index contributed by atoms with van der Waals surface area (Å²) in [7, 11) is 1.71. The topological polar surface area (TPSA) is 26.3 Å². The van der Waals surface area contributed by atoms with E-state index < -0.39 is 0 Å².